The van der Waals surface area contributed by atoms with Crippen molar-refractivity contribution >= 4 is 0 Å². The minimum absolute atomic E-state index is 0.106. The molecular weight excluding hydrogens is 246 g/mol. The standard InChI is InChI=1S/C18H25NO/c1-14-6-7-17-15(12-14)13-18(20-17)8-3-10-19(11-9-18)16-4-2-5-16/h6-7,12,16H,2-5,8-11,13H2,1H3. The lowest BCUT2D eigenvalue weighted by Crippen LogP contribution is -2.42. The molecule has 2 aliphatic heterocycles. The Morgan fingerprint density at radius 3 is 2.85 bits per heavy atom. The summed E-state index contributed by atoms with van der Waals surface area (Å²) in [6, 6.07) is 7.55. The number of ether oxygens (including phenoxy) is 1. The van der Waals surface area contributed by atoms with Crippen LogP contribution in [0, 0.1) is 6.92 Å². The fourth-order valence-corrected chi connectivity index (χ4v) is 4.15. The number of benzene rings is 1. The van der Waals surface area contributed by atoms with Crippen molar-refractivity contribution in [1.29, 1.82) is 0 Å². The summed E-state index contributed by atoms with van der Waals surface area (Å²) in [5.74, 6) is 1.15. The van der Waals surface area contributed by atoms with Crippen molar-refractivity contribution in [3.63, 3.8) is 0 Å². The summed E-state index contributed by atoms with van der Waals surface area (Å²) in [7, 11) is 0. The third-order valence-electron chi connectivity index (χ3n) is 5.58. The molecule has 1 saturated carbocycles. The molecule has 0 bridgehead atoms. The Morgan fingerprint density at radius 2 is 2.05 bits per heavy atom. The van der Waals surface area contributed by atoms with Gasteiger partial charge >= 0.3 is 0 Å². The van der Waals surface area contributed by atoms with E-state index in [0.29, 0.717) is 0 Å². The van der Waals surface area contributed by atoms with Crippen LogP contribution in [0.1, 0.15) is 49.7 Å². The number of aryl methyl sites for hydroxylation is 1. The maximum Gasteiger partial charge on any atom is 0.123 e. The smallest absolute Gasteiger partial charge is 0.123 e. The largest absolute Gasteiger partial charge is 0.487 e. The van der Waals surface area contributed by atoms with Crippen LogP contribution >= 0.6 is 0 Å². The number of rotatable bonds is 1. The molecule has 3 aliphatic rings. The van der Waals surface area contributed by atoms with E-state index >= 15 is 0 Å². The minimum Gasteiger partial charge on any atom is -0.487 e. The van der Waals surface area contributed by atoms with Crippen molar-refractivity contribution in [2.75, 3.05) is 13.1 Å². The van der Waals surface area contributed by atoms with E-state index in [1.165, 1.54) is 62.7 Å². The SMILES string of the molecule is Cc1ccc2c(c1)CC1(CCCN(C3CCC3)CC1)O2. The van der Waals surface area contributed by atoms with Gasteiger partial charge in [0.05, 0.1) is 0 Å². The highest BCUT2D eigenvalue weighted by molar-refractivity contribution is 5.42. The van der Waals surface area contributed by atoms with Gasteiger partial charge in [-0.3, -0.25) is 0 Å². The Labute approximate surface area is 122 Å². The monoisotopic (exact) mass is 271 g/mol. The van der Waals surface area contributed by atoms with E-state index in [0.717, 1.165) is 18.2 Å². The first kappa shape index (κ1) is 12.7. The summed E-state index contributed by atoms with van der Waals surface area (Å²) >= 11 is 0. The fourth-order valence-electron chi connectivity index (χ4n) is 4.15. The van der Waals surface area contributed by atoms with E-state index in [-0.39, 0.29) is 5.60 Å². The maximum atomic E-state index is 6.42. The predicted octanol–water partition coefficient (Wildman–Crippen LogP) is 3.71. The van der Waals surface area contributed by atoms with Crippen LogP contribution in [0.2, 0.25) is 0 Å². The highest BCUT2D eigenvalue weighted by Gasteiger charge is 2.41. The average Bonchev–Trinajstić information content (AvgIpc) is 2.59. The van der Waals surface area contributed by atoms with Gasteiger partial charge in [-0.05, 0) is 50.8 Å². The molecule has 2 nitrogen and oxygen atoms in total. The molecule has 1 aromatic carbocycles. The molecule has 2 heteroatoms. The number of hydrogen-bond donors (Lipinski definition) is 0. The van der Waals surface area contributed by atoms with Crippen molar-refractivity contribution in [3.8, 4) is 5.75 Å². The van der Waals surface area contributed by atoms with Crippen LogP contribution in [0.15, 0.2) is 18.2 Å². The van der Waals surface area contributed by atoms with Gasteiger partial charge in [0.25, 0.3) is 0 Å². The molecule has 0 N–H and O–H groups in total. The van der Waals surface area contributed by atoms with Gasteiger partial charge in [-0.25, -0.2) is 0 Å². The zero-order valence-electron chi connectivity index (χ0n) is 12.5. The van der Waals surface area contributed by atoms with Gasteiger partial charge in [-0.1, -0.05) is 24.1 Å². The number of hydrogen-bond acceptors (Lipinski definition) is 2. The Bertz CT molecular complexity index is 508. The van der Waals surface area contributed by atoms with Crippen LogP contribution in [0.5, 0.6) is 5.75 Å². The molecular formula is C18H25NO. The maximum absolute atomic E-state index is 6.42. The molecule has 0 amide bonds. The summed E-state index contributed by atoms with van der Waals surface area (Å²) in [4.78, 5) is 2.73. The zero-order valence-corrected chi connectivity index (χ0v) is 12.5. The van der Waals surface area contributed by atoms with E-state index < -0.39 is 0 Å². The van der Waals surface area contributed by atoms with Gasteiger partial charge < -0.3 is 9.64 Å². The van der Waals surface area contributed by atoms with Crippen LogP contribution in [0.25, 0.3) is 0 Å². The van der Waals surface area contributed by atoms with Crippen LogP contribution in [0.3, 0.4) is 0 Å². The lowest BCUT2D eigenvalue weighted by molar-refractivity contribution is 0.0694. The predicted molar refractivity (Wildman–Crippen MR) is 81.3 cm³/mol. The quantitative estimate of drug-likeness (QED) is 0.772. The summed E-state index contributed by atoms with van der Waals surface area (Å²) < 4.78 is 6.42. The van der Waals surface area contributed by atoms with Gasteiger partial charge in [-0.15, -0.1) is 0 Å². The molecule has 4 rings (SSSR count). The first-order valence-electron chi connectivity index (χ1n) is 8.27. The Morgan fingerprint density at radius 1 is 1.15 bits per heavy atom. The second-order valence-electron chi connectivity index (χ2n) is 7.05. The Balaban J connectivity index is 1.49. The van der Waals surface area contributed by atoms with E-state index in [4.69, 9.17) is 4.74 Å². The Kier molecular flexibility index (Phi) is 3.03. The first-order valence-corrected chi connectivity index (χ1v) is 8.27. The fraction of sp³-hybridized carbons (Fsp3) is 0.667. The van der Waals surface area contributed by atoms with Gasteiger partial charge in [0, 0.05) is 25.4 Å². The Hall–Kier alpha value is -1.02. The molecule has 0 aromatic heterocycles. The van der Waals surface area contributed by atoms with E-state index in [9.17, 15) is 0 Å². The molecule has 108 valence electrons. The van der Waals surface area contributed by atoms with Crippen molar-refractivity contribution in [1.82, 2.24) is 4.90 Å². The third-order valence-corrected chi connectivity index (χ3v) is 5.58. The molecule has 2 fully saturated rings. The minimum atomic E-state index is 0.106. The highest BCUT2D eigenvalue weighted by atomic mass is 16.5. The molecule has 20 heavy (non-hydrogen) atoms. The van der Waals surface area contributed by atoms with Crippen molar-refractivity contribution in [2.45, 2.75) is 63.5 Å². The number of nitrogens with zero attached hydrogens (tertiary/aromatic N) is 1. The molecule has 1 spiro atoms. The second kappa shape index (κ2) is 4.77. The average molecular weight is 271 g/mol. The van der Waals surface area contributed by atoms with Crippen LogP contribution in [0.4, 0.5) is 0 Å². The zero-order chi connectivity index (χ0) is 13.6. The summed E-state index contributed by atoms with van der Waals surface area (Å²) in [5, 5.41) is 0. The van der Waals surface area contributed by atoms with E-state index in [1.54, 1.807) is 0 Å². The molecule has 1 aliphatic carbocycles. The summed E-state index contributed by atoms with van der Waals surface area (Å²) in [6.45, 7) is 4.69. The van der Waals surface area contributed by atoms with Crippen LogP contribution in [-0.2, 0) is 6.42 Å². The number of fused-ring (bicyclic) bond motifs is 1. The molecule has 0 radical (unpaired) electrons. The van der Waals surface area contributed by atoms with Gasteiger partial charge in [0.1, 0.15) is 11.4 Å². The lowest BCUT2D eigenvalue weighted by Gasteiger charge is -2.37. The summed E-state index contributed by atoms with van der Waals surface area (Å²) in [5.41, 5.74) is 2.89. The highest BCUT2D eigenvalue weighted by Crippen LogP contribution is 2.42. The van der Waals surface area contributed by atoms with E-state index in [2.05, 4.69) is 30.0 Å². The number of likely N-dealkylation sites (tertiary alicyclic amines) is 1. The second-order valence-corrected chi connectivity index (χ2v) is 7.05. The van der Waals surface area contributed by atoms with Gasteiger partial charge in [0.15, 0.2) is 0 Å². The van der Waals surface area contributed by atoms with Gasteiger partial charge in [-0.2, -0.15) is 0 Å². The third kappa shape index (κ3) is 2.14. The van der Waals surface area contributed by atoms with Gasteiger partial charge in [0.2, 0.25) is 0 Å². The van der Waals surface area contributed by atoms with Crippen molar-refractivity contribution in [2.24, 2.45) is 0 Å². The summed E-state index contributed by atoms with van der Waals surface area (Å²) in [6.07, 6.45) is 9.14. The molecule has 1 saturated heterocycles. The first-order chi connectivity index (χ1) is 9.74. The molecule has 1 atom stereocenters. The van der Waals surface area contributed by atoms with Crippen molar-refractivity contribution in [3.05, 3.63) is 29.3 Å². The van der Waals surface area contributed by atoms with Crippen LogP contribution in [-0.4, -0.2) is 29.6 Å². The molecule has 1 aromatic rings. The molecule has 1 unspecified atom stereocenters. The lowest BCUT2D eigenvalue weighted by atomic mass is 9.89. The van der Waals surface area contributed by atoms with Crippen molar-refractivity contribution < 1.29 is 4.74 Å². The molecule has 2 heterocycles. The normalized spacial score (nSPS) is 30.6. The topological polar surface area (TPSA) is 12.5 Å². The van der Waals surface area contributed by atoms with Crippen LogP contribution < -0.4 is 4.74 Å². The van der Waals surface area contributed by atoms with E-state index in [1.807, 2.05) is 0 Å².